The van der Waals surface area contributed by atoms with Gasteiger partial charge in [-0.15, -0.1) is 0 Å². The van der Waals surface area contributed by atoms with Gasteiger partial charge in [-0.05, 0) is 24.6 Å². The lowest BCUT2D eigenvalue weighted by atomic mass is 10.2. The highest BCUT2D eigenvalue weighted by atomic mass is 16.1. The summed E-state index contributed by atoms with van der Waals surface area (Å²) < 4.78 is 0. The van der Waals surface area contributed by atoms with Crippen molar-refractivity contribution in [3.63, 3.8) is 0 Å². The maximum absolute atomic E-state index is 10.5. The summed E-state index contributed by atoms with van der Waals surface area (Å²) in [5, 5.41) is 5.75. The average molecular weight is 178 g/mol. The maximum Gasteiger partial charge on any atom is 0.218 e. The number of anilines is 1. The predicted octanol–water partition coefficient (Wildman–Crippen LogP) is 1.50. The van der Waals surface area contributed by atoms with Gasteiger partial charge in [0.05, 0.1) is 6.67 Å². The minimum atomic E-state index is -0.0276. The number of hydrogen-bond donors (Lipinski definition) is 2. The van der Waals surface area contributed by atoms with Crippen LogP contribution in [0.1, 0.15) is 12.5 Å². The molecule has 13 heavy (non-hydrogen) atoms. The molecule has 0 unspecified atom stereocenters. The Morgan fingerprint density at radius 2 is 2.23 bits per heavy atom. The quantitative estimate of drug-likeness (QED) is 0.689. The lowest BCUT2D eigenvalue weighted by molar-refractivity contribution is -0.118. The van der Waals surface area contributed by atoms with Crippen molar-refractivity contribution in [1.82, 2.24) is 5.32 Å². The summed E-state index contributed by atoms with van der Waals surface area (Å²) in [4.78, 5) is 10.5. The summed E-state index contributed by atoms with van der Waals surface area (Å²) in [6.45, 7) is 4.00. The molecular formula is C10H14N2O. The van der Waals surface area contributed by atoms with Crippen molar-refractivity contribution in [3.8, 4) is 0 Å². The van der Waals surface area contributed by atoms with Crippen LogP contribution >= 0.6 is 0 Å². The highest BCUT2D eigenvalue weighted by molar-refractivity contribution is 5.73. The first kappa shape index (κ1) is 9.58. The molecule has 0 atom stereocenters. The van der Waals surface area contributed by atoms with Crippen molar-refractivity contribution in [2.75, 3.05) is 12.0 Å². The number of benzene rings is 1. The van der Waals surface area contributed by atoms with Crippen LogP contribution in [0.5, 0.6) is 0 Å². The largest absolute Gasteiger partial charge is 0.368 e. The molecule has 0 spiro atoms. The number of aryl methyl sites for hydroxylation is 1. The third-order valence-corrected chi connectivity index (χ3v) is 1.65. The molecule has 0 saturated heterocycles. The van der Waals surface area contributed by atoms with Gasteiger partial charge in [0, 0.05) is 12.6 Å². The van der Waals surface area contributed by atoms with E-state index in [1.807, 2.05) is 31.2 Å². The summed E-state index contributed by atoms with van der Waals surface area (Å²) in [6, 6.07) is 8.01. The molecule has 0 saturated carbocycles. The summed E-state index contributed by atoms with van der Waals surface area (Å²) in [5.74, 6) is -0.0276. The Labute approximate surface area is 78.2 Å². The second-order valence-corrected chi connectivity index (χ2v) is 2.96. The van der Waals surface area contributed by atoms with Crippen LogP contribution in [-0.2, 0) is 4.79 Å². The molecule has 0 fully saturated rings. The van der Waals surface area contributed by atoms with Gasteiger partial charge in [-0.3, -0.25) is 4.79 Å². The van der Waals surface area contributed by atoms with E-state index in [9.17, 15) is 4.79 Å². The molecule has 3 nitrogen and oxygen atoms in total. The van der Waals surface area contributed by atoms with Crippen LogP contribution in [-0.4, -0.2) is 12.6 Å². The Morgan fingerprint density at radius 3 is 2.85 bits per heavy atom. The number of carbonyl (C=O) groups is 1. The highest BCUT2D eigenvalue weighted by Crippen LogP contribution is 2.08. The third-order valence-electron chi connectivity index (χ3n) is 1.65. The minimum absolute atomic E-state index is 0.0276. The van der Waals surface area contributed by atoms with E-state index in [0.29, 0.717) is 6.67 Å². The number of rotatable bonds is 3. The van der Waals surface area contributed by atoms with Crippen LogP contribution in [0.4, 0.5) is 5.69 Å². The molecule has 0 radical (unpaired) electrons. The predicted molar refractivity (Wildman–Crippen MR) is 53.5 cm³/mol. The van der Waals surface area contributed by atoms with Crippen molar-refractivity contribution in [2.45, 2.75) is 13.8 Å². The zero-order chi connectivity index (χ0) is 9.68. The molecule has 0 heterocycles. The zero-order valence-electron chi connectivity index (χ0n) is 7.92. The number of amides is 1. The highest BCUT2D eigenvalue weighted by Gasteiger charge is 1.91. The van der Waals surface area contributed by atoms with Gasteiger partial charge in [-0.2, -0.15) is 0 Å². The maximum atomic E-state index is 10.5. The van der Waals surface area contributed by atoms with Crippen LogP contribution in [0.15, 0.2) is 24.3 Å². The van der Waals surface area contributed by atoms with Crippen molar-refractivity contribution in [2.24, 2.45) is 0 Å². The van der Waals surface area contributed by atoms with Crippen molar-refractivity contribution in [3.05, 3.63) is 29.8 Å². The molecule has 1 aromatic carbocycles. The standard InChI is InChI=1S/C10H14N2O/c1-8-4-3-5-10(6-8)12-7-11-9(2)13/h3-6,12H,7H2,1-2H3,(H,11,13). The van der Waals surface area contributed by atoms with Crippen LogP contribution in [0.2, 0.25) is 0 Å². The Hall–Kier alpha value is -1.51. The lowest BCUT2D eigenvalue weighted by Gasteiger charge is -2.06. The monoisotopic (exact) mass is 178 g/mol. The average Bonchev–Trinajstić information content (AvgIpc) is 2.03. The van der Waals surface area contributed by atoms with Gasteiger partial charge in [0.25, 0.3) is 0 Å². The number of nitrogens with one attached hydrogen (secondary N) is 2. The van der Waals surface area contributed by atoms with Crippen LogP contribution in [0.3, 0.4) is 0 Å². The molecule has 1 rings (SSSR count). The SMILES string of the molecule is CC(=O)NCNc1cccc(C)c1. The topological polar surface area (TPSA) is 41.1 Å². The second kappa shape index (κ2) is 4.50. The Kier molecular flexibility index (Phi) is 3.31. The molecule has 0 aliphatic heterocycles. The molecule has 0 bridgehead atoms. The van der Waals surface area contributed by atoms with E-state index in [1.165, 1.54) is 12.5 Å². The second-order valence-electron chi connectivity index (χ2n) is 2.96. The molecule has 70 valence electrons. The molecule has 1 amide bonds. The fourth-order valence-corrected chi connectivity index (χ4v) is 1.03. The summed E-state index contributed by atoms with van der Waals surface area (Å²) in [5.41, 5.74) is 2.22. The van der Waals surface area contributed by atoms with E-state index in [0.717, 1.165) is 5.69 Å². The number of hydrogen-bond acceptors (Lipinski definition) is 2. The van der Waals surface area contributed by atoms with E-state index in [-0.39, 0.29) is 5.91 Å². The Bertz CT molecular complexity index is 297. The van der Waals surface area contributed by atoms with Gasteiger partial charge < -0.3 is 10.6 Å². The van der Waals surface area contributed by atoms with Gasteiger partial charge in [0.2, 0.25) is 5.91 Å². The molecule has 2 N–H and O–H groups in total. The van der Waals surface area contributed by atoms with Gasteiger partial charge in [0.1, 0.15) is 0 Å². The van der Waals surface area contributed by atoms with Gasteiger partial charge in [-0.25, -0.2) is 0 Å². The minimum Gasteiger partial charge on any atom is -0.368 e. The van der Waals surface area contributed by atoms with E-state index in [2.05, 4.69) is 10.6 Å². The lowest BCUT2D eigenvalue weighted by Crippen LogP contribution is -2.26. The normalized spacial score (nSPS) is 9.38. The van der Waals surface area contributed by atoms with Gasteiger partial charge >= 0.3 is 0 Å². The summed E-state index contributed by atoms with van der Waals surface area (Å²) >= 11 is 0. The number of carbonyl (C=O) groups excluding carboxylic acids is 1. The van der Waals surface area contributed by atoms with E-state index in [4.69, 9.17) is 0 Å². The van der Waals surface area contributed by atoms with Crippen molar-refractivity contribution >= 4 is 11.6 Å². The van der Waals surface area contributed by atoms with Crippen molar-refractivity contribution < 1.29 is 4.79 Å². The van der Waals surface area contributed by atoms with Crippen molar-refractivity contribution in [1.29, 1.82) is 0 Å². The van der Waals surface area contributed by atoms with Crippen LogP contribution in [0.25, 0.3) is 0 Å². The van der Waals surface area contributed by atoms with E-state index in [1.54, 1.807) is 0 Å². The molecule has 0 aliphatic carbocycles. The molecule has 0 aromatic heterocycles. The first-order chi connectivity index (χ1) is 6.18. The van der Waals surface area contributed by atoms with Gasteiger partial charge in [-0.1, -0.05) is 12.1 Å². The fourth-order valence-electron chi connectivity index (χ4n) is 1.03. The fraction of sp³-hybridized carbons (Fsp3) is 0.300. The smallest absolute Gasteiger partial charge is 0.218 e. The van der Waals surface area contributed by atoms with Crippen LogP contribution in [0, 0.1) is 6.92 Å². The third kappa shape index (κ3) is 3.60. The zero-order valence-corrected chi connectivity index (χ0v) is 7.92. The molecule has 0 aliphatic rings. The summed E-state index contributed by atoms with van der Waals surface area (Å²) in [7, 11) is 0. The Morgan fingerprint density at radius 1 is 1.46 bits per heavy atom. The first-order valence-corrected chi connectivity index (χ1v) is 4.23. The summed E-state index contributed by atoms with van der Waals surface area (Å²) in [6.07, 6.45) is 0. The molecule has 3 heteroatoms. The van der Waals surface area contributed by atoms with Crippen LogP contribution < -0.4 is 10.6 Å². The first-order valence-electron chi connectivity index (χ1n) is 4.23. The van der Waals surface area contributed by atoms with Gasteiger partial charge in [0.15, 0.2) is 0 Å². The van der Waals surface area contributed by atoms with E-state index < -0.39 is 0 Å². The van der Waals surface area contributed by atoms with E-state index >= 15 is 0 Å². The molecule has 1 aromatic rings. The Balaban J connectivity index is 2.41. The molecular weight excluding hydrogens is 164 g/mol.